The molecule has 4 nitrogen and oxygen atoms in total. The Labute approximate surface area is 132 Å². The molecule has 1 saturated carbocycles. The number of nitrogens with one attached hydrogen (secondary N) is 1. The maximum absolute atomic E-state index is 6.23. The van der Waals surface area contributed by atoms with Crippen LogP contribution in [0.2, 0.25) is 5.15 Å². The number of nitrogens with zero attached hydrogens (tertiary/aromatic N) is 3. The first-order valence-electron chi connectivity index (χ1n) is 8.06. The summed E-state index contributed by atoms with van der Waals surface area (Å²) in [5.74, 6) is 2.74. The van der Waals surface area contributed by atoms with E-state index in [9.17, 15) is 0 Å². The number of halogens is 1. The lowest BCUT2D eigenvalue weighted by molar-refractivity contribution is 0.316. The molecule has 1 aliphatic carbocycles. The van der Waals surface area contributed by atoms with Crippen LogP contribution in [-0.4, -0.2) is 40.5 Å². The smallest absolute Gasteiger partial charge is 0.137 e. The van der Waals surface area contributed by atoms with Gasteiger partial charge in [-0.25, -0.2) is 9.97 Å². The standard InChI is InChI=1S/C16H25ClN4/c1-10(2)15-19-14(17)11(3)16(20-15)18-8-12-6-7-21(9-12)13-4-5-13/h10,12-13H,4-9H2,1-3H3,(H,18,19,20). The van der Waals surface area contributed by atoms with Gasteiger partial charge in [-0.1, -0.05) is 25.4 Å². The maximum atomic E-state index is 6.23. The fraction of sp³-hybridized carbons (Fsp3) is 0.750. The molecule has 5 heteroatoms. The third kappa shape index (κ3) is 3.49. The first-order chi connectivity index (χ1) is 10.0. The molecule has 1 N–H and O–H groups in total. The molecule has 21 heavy (non-hydrogen) atoms. The van der Waals surface area contributed by atoms with Crippen molar-refractivity contribution in [3.63, 3.8) is 0 Å². The second kappa shape index (κ2) is 6.09. The normalized spacial score (nSPS) is 23.0. The van der Waals surface area contributed by atoms with Crippen molar-refractivity contribution in [3.8, 4) is 0 Å². The molecule has 1 atom stereocenters. The van der Waals surface area contributed by atoms with E-state index in [4.69, 9.17) is 11.6 Å². The second-order valence-electron chi connectivity index (χ2n) is 6.76. The van der Waals surface area contributed by atoms with Crippen molar-refractivity contribution in [2.45, 2.75) is 52.0 Å². The third-order valence-electron chi connectivity index (χ3n) is 4.56. The zero-order valence-electron chi connectivity index (χ0n) is 13.2. The highest BCUT2D eigenvalue weighted by Crippen LogP contribution is 2.32. The molecule has 3 rings (SSSR count). The highest BCUT2D eigenvalue weighted by molar-refractivity contribution is 6.30. The fourth-order valence-corrected chi connectivity index (χ4v) is 3.15. The van der Waals surface area contributed by atoms with Crippen LogP contribution in [0.5, 0.6) is 0 Å². The van der Waals surface area contributed by atoms with E-state index in [1.807, 2.05) is 6.92 Å². The Morgan fingerprint density at radius 2 is 2.05 bits per heavy atom. The number of hydrogen-bond donors (Lipinski definition) is 1. The minimum atomic E-state index is 0.292. The summed E-state index contributed by atoms with van der Waals surface area (Å²) in [6, 6.07) is 0.887. The van der Waals surface area contributed by atoms with Crippen LogP contribution < -0.4 is 5.32 Å². The molecule has 116 valence electrons. The highest BCUT2D eigenvalue weighted by Gasteiger charge is 2.34. The quantitative estimate of drug-likeness (QED) is 0.846. The molecule has 1 aliphatic heterocycles. The van der Waals surface area contributed by atoms with Gasteiger partial charge in [-0.05, 0) is 38.6 Å². The van der Waals surface area contributed by atoms with Gasteiger partial charge in [0.15, 0.2) is 0 Å². The molecule has 1 saturated heterocycles. The molecule has 0 radical (unpaired) electrons. The van der Waals surface area contributed by atoms with Gasteiger partial charge in [0.25, 0.3) is 0 Å². The lowest BCUT2D eigenvalue weighted by Crippen LogP contribution is -2.25. The number of aromatic nitrogens is 2. The summed E-state index contributed by atoms with van der Waals surface area (Å²) < 4.78 is 0. The van der Waals surface area contributed by atoms with Crippen molar-refractivity contribution >= 4 is 17.4 Å². The van der Waals surface area contributed by atoms with Crippen LogP contribution in [0.15, 0.2) is 0 Å². The van der Waals surface area contributed by atoms with E-state index >= 15 is 0 Å². The first-order valence-corrected chi connectivity index (χ1v) is 8.44. The van der Waals surface area contributed by atoms with Crippen molar-refractivity contribution in [2.75, 3.05) is 25.0 Å². The Kier molecular flexibility index (Phi) is 4.36. The average molecular weight is 309 g/mol. The molecule has 2 heterocycles. The van der Waals surface area contributed by atoms with Gasteiger partial charge in [-0.2, -0.15) is 0 Å². The van der Waals surface area contributed by atoms with Crippen LogP contribution in [0.25, 0.3) is 0 Å². The summed E-state index contributed by atoms with van der Waals surface area (Å²) in [4.78, 5) is 11.6. The number of anilines is 1. The average Bonchev–Trinajstić information content (AvgIpc) is 3.19. The molecular weight excluding hydrogens is 284 g/mol. The molecule has 2 fully saturated rings. The molecular formula is C16H25ClN4. The summed E-state index contributed by atoms with van der Waals surface area (Å²) in [5, 5.41) is 4.08. The number of likely N-dealkylation sites (tertiary alicyclic amines) is 1. The van der Waals surface area contributed by atoms with E-state index in [1.165, 1.54) is 32.4 Å². The van der Waals surface area contributed by atoms with Crippen LogP contribution in [0.1, 0.15) is 50.4 Å². The van der Waals surface area contributed by atoms with E-state index in [1.54, 1.807) is 0 Å². The predicted octanol–water partition coefficient (Wildman–Crippen LogP) is 3.46. The first kappa shape index (κ1) is 15.0. The summed E-state index contributed by atoms with van der Waals surface area (Å²) in [6.45, 7) is 9.64. The van der Waals surface area contributed by atoms with Crippen LogP contribution in [-0.2, 0) is 0 Å². The molecule has 1 aromatic rings. The molecule has 2 aliphatic rings. The van der Waals surface area contributed by atoms with Gasteiger partial charge in [-0.15, -0.1) is 0 Å². The van der Waals surface area contributed by atoms with Gasteiger partial charge >= 0.3 is 0 Å². The van der Waals surface area contributed by atoms with Crippen molar-refractivity contribution < 1.29 is 0 Å². The molecule has 0 bridgehead atoms. The van der Waals surface area contributed by atoms with Crippen molar-refractivity contribution in [1.82, 2.24) is 14.9 Å². The van der Waals surface area contributed by atoms with Gasteiger partial charge in [0.2, 0.25) is 0 Å². The van der Waals surface area contributed by atoms with Gasteiger partial charge in [-0.3, -0.25) is 0 Å². The Bertz CT molecular complexity index is 513. The Balaban J connectivity index is 1.62. The van der Waals surface area contributed by atoms with E-state index in [0.29, 0.717) is 11.1 Å². The Hall–Kier alpha value is -0.870. The summed E-state index contributed by atoms with van der Waals surface area (Å²) in [7, 11) is 0. The highest BCUT2D eigenvalue weighted by atomic mass is 35.5. The van der Waals surface area contributed by atoms with Gasteiger partial charge in [0.05, 0.1) is 0 Å². The van der Waals surface area contributed by atoms with E-state index in [2.05, 4.69) is 34.0 Å². The molecule has 0 aromatic carbocycles. The number of hydrogen-bond acceptors (Lipinski definition) is 4. The second-order valence-corrected chi connectivity index (χ2v) is 7.12. The molecule has 1 unspecified atom stereocenters. The van der Waals surface area contributed by atoms with E-state index in [-0.39, 0.29) is 0 Å². The molecule has 0 amide bonds. The molecule has 0 spiro atoms. The Morgan fingerprint density at radius 1 is 1.29 bits per heavy atom. The summed E-state index contributed by atoms with van der Waals surface area (Å²) >= 11 is 6.23. The Morgan fingerprint density at radius 3 is 2.71 bits per heavy atom. The monoisotopic (exact) mass is 308 g/mol. The lowest BCUT2D eigenvalue weighted by atomic mass is 10.1. The number of rotatable bonds is 5. The third-order valence-corrected chi connectivity index (χ3v) is 4.93. The van der Waals surface area contributed by atoms with E-state index in [0.717, 1.165) is 35.7 Å². The minimum Gasteiger partial charge on any atom is -0.369 e. The zero-order valence-corrected chi connectivity index (χ0v) is 14.0. The summed E-state index contributed by atoms with van der Waals surface area (Å²) in [5.41, 5.74) is 0.957. The lowest BCUT2D eigenvalue weighted by Gasteiger charge is -2.17. The van der Waals surface area contributed by atoms with Gasteiger partial charge in [0, 0.05) is 30.6 Å². The van der Waals surface area contributed by atoms with Crippen LogP contribution in [0.4, 0.5) is 5.82 Å². The minimum absolute atomic E-state index is 0.292. The fourth-order valence-electron chi connectivity index (χ4n) is 2.98. The maximum Gasteiger partial charge on any atom is 0.137 e. The predicted molar refractivity (Wildman–Crippen MR) is 87.1 cm³/mol. The largest absolute Gasteiger partial charge is 0.369 e. The van der Waals surface area contributed by atoms with Crippen LogP contribution in [0, 0.1) is 12.8 Å². The van der Waals surface area contributed by atoms with Crippen LogP contribution in [0.3, 0.4) is 0 Å². The van der Waals surface area contributed by atoms with E-state index < -0.39 is 0 Å². The van der Waals surface area contributed by atoms with Crippen LogP contribution >= 0.6 is 11.6 Å². The van der Waals surface area contributed by atoms with Crippen molar-refractivity contribution in [1.29, 1.82) is 0 Å². The van der Waals surface area contributed by atoms with Gasteiger partial charge < -0.3 is 10.2 Å². The molecule has 1 aromatic heterocycles. The zero-order chi connectivity index (χ0) is 15.0. The SMILES string of the molecule is Cc1c(Cl)nc(C(C)C)nc1NCC1CCN(C2CC2)C1. The van der Waals surface area contributed by atoms with Crippen molar-refractivity contribution in [3.05, 3.63) is 16.5 Å². The summed E-state index contributed by atoms with van der Waals surface area (Å²) in [6.07, 6.45) is 4.09. The topological polar surface area (TPSA) is 41.1 Å². The van der Waals surface area contributed by atoms with Crippen molar-refractivity contribution in [2.24, 2.45) is 5.92 Å². The van der Waals surface area contributed by atoms with Gasteiger partial charge in [0.1, 0.15) is 16.8 Å².